The van der Waals surface area contributed by atoms with E-state index >= 15 is 0 Å². The molecular weight excluding hydrogens is 271 g/mol. The van der Waals surface area contributed by atoms with Crippen LogP contribution >= 0.6 is 0 Å². The summed E-state index contributed by atoms with van der Waals surface area (Å²) in [6.07, 6.45) is -0.150. The molecule has 0 unspecified atom stereocenters. The molecule has 1 heterocycles. The molecule has 1 aliphatic heterocycles. The summed E-state index contributed by atoms with van der Waals surface area (Å²) in [7, 11) is 0. The van der Waals surface area contributed by atoms with Crippen molar-refractivity contribution in [1.82, 2.24) is 9.80 Å². The Bertz CT molecular complexity index is 252. The summed E-state index contributed by atoms with van der Waals surface area (Å²) in [4.78, 5) is 4.44. The summed E-state index contributed by atoms with van der Waals surface area (Å²) in [5.74, 6) is 0. The number of hydrogen-bond acceptors (Lipinski definition) is 4. The first-order chi connectivity index (χ1) is 9.51. The average molecular weight is 297 g/mol. The van der Waals surface area contributed by atoms with Crippen molar-refractivity contribution in [2.75, 3.05) is 52.4 Å². The Labute approximate surface area is 119 Å². The van der Waals surface area contributed by atoms with Crippen LogP contribution < -0.4 is 5.73 Å². The van der Waals surface area contributed by atoms with Gasteiger partial charge in [0.2, 0.25) is 0 Å². The third kappa shape index (κ3) is 8.73. The highest BCUT2D eigenvalue weighted by Gasteiger charge is 2.29. The minimum atomic E-state index is -4.51. The molecule has 0 atom stereocenters. The SMILES string of the molecule is NCCCCCN1CCCN(CCOC(F)(F)F)CC1. The predicted molar refractivity (Wildman–Crippen MR) is 72.4 cm³/mol. The van der Waals surface area contributed by atoms with E-state index in [2.05, 4.69) is 9.64 Å². The van der Waals surface area contributed by atoms with E-state index in [1.807, 2.05) is 4.90 Å². The maximum Gasteiger partial charge on any atom is 0.522 e. The van der Waals surface area contributed by atoms with Gasteiger partial charge in [-0.05, 0) is 45.4 Å². The Hall–Kier alpha value is -0.370. The van der Waals surface area contributed by atoms with E-state index in [1.54, 1.807) is 0 Å². The number of rotatable bonds is 8. The van der Waals surface area contributed by atoms with Crippen LogP contribution in [-0.2, 0) is 4.74 Å². The van der Waals surface area contributed by atoms with Gasteiger partial charge in [0.1, 0.15) is 0 Å². The van der Waals surface area contributed by atoms with E-state index in [0.717, 1.165) is 65.0 Å². The van der Waals surface area contributed by atoms with Crippen molar-refractivity contribution in [1.29, 1.82) is 0 Å². The number of alkyl halides is 3. The zero-order chi connectivity index (χ0) is 14.8. The van der Waals surface area contributed by atoms with Gasteiger partial charge in [-0.15, -0.1) is 13.2 Å². The van der Waals surface area contributed by atoms with Crippen LogP contribution in [0.4, 0.5) is 13.2 Å². The molecule has 0 bridgehead atoms. The lowest BCUT2D eigenvalue weighted by molar-refractivity contribution is -0.325. The number of unbranched alkanes of at least 4 members (excludes halogenated alkanes) is 2. The quantitative estimate of drug-likeness (QED) is 0.692. The van der Waals surface area contributed by atoms with Crippen molar-refractivity contribution >= 4 is 0 Å². The number of nitrogens with zero attached hydrogens (tertiary/aromatic N) is 2. The number of nitrogens with two attached hydrogens (primary N) is 1. The smallest absolute Gasteiger partial charge is 0.330 e. The lowest BCUT2D eigenvalue weighted by Crippen LogP contribution is -2.34. The Balaban J connectivity index is 2.12. The van der Waals surface area contributed by atoms with Crippen molar-refractivity contribution in [3.05, 3.63) is 0 Å². The molecule has 0 aliphatic carbocycles. The second kappa shape index (κ2) is 9.55. The number of halogens is 3. The highest BCUT2D eigenvalue weighted by Crippen LogP contribution is 2.15. The summed E-state index contributed by atoms with van der Waals surface area (Å²) in [5.41, 5.74) is 5.46. The molecular formula is C13H26F3N3O. The summed E-state index contributed by atoms with van der Waals surface area (Å²) in [6, 6.07) is 0. The Morgan fingerprint density at radius 3 is 2.15 bits per heavy atom. The molecule has 120 valence electrons. The highest BCUT2D eigenvalue weighted by molar-refractivity contribution is 4.69. The Morgan fingerprint density at radius 1 is 0.900 bits per heavy atom. The molecule has 0 aromatic rings. The molecule has 7 heteroatoms. The molecule has 4 nitrogen and oxygen atoms in total. The molecule has 0 saturated carbocycles. The van der Waals surface area contributed by atoms with E-state index in [1.165, 1.54) is 0 Å². The summed E-state index contributed by atoms with van der Waals surface area (Å²) >= 11 is 0. The van der Waals surface area contributed by atoms with Gasteiger partial charge in [-0.25, -0.2) is 0 Å². The average Bonchev–Trinajstić information content (AvgIpc) is 2.59. The summed E-state index contributed by atoms with van der Waals surface area (Å²) < 4.78 is 39.5. The first-order valence-electron chi connectivity index (χ1n) is 7.37. The van der Waals surface area contributed by atoms with Gasteiger partial charge >= 0.3 is 6.36 Å². The van der Waals surface area contributed by atoms with Crippen LogP contribution in [0.3, 0.4) is 0 Å². The predicted octanol–water partition coefficient (Wildman–Crippen LogP) is 1.66. The van der Waals surface area contributed by atoms with Crippen LogP contribution in [0.25, 0.3) is 0 Å². The minimum Gasteiger partial charge on any atom is -0.330 e. The Morgan fingerprint density at radius 2 is 1.55 bits per heavy atom. The molecule has 1 rings (SSSR count). The van der Waals surface area contributed by atoms with E-state index in [4.69, 9.17) is 5.73 Å². The van der Waals surface area contributed by atoms with Gasteiger partial charge in [-0.1, -0.05) is 6.42 Å². The first-order valence-corrected chi connectivity index (χ1v) is 7.37. The maximum atomic E-state index is 11.9. The van der Waals surface area contributed by atoms with Crippen LogP contribution in [0, 0.1) is 0 Å². The molecule has 0 radical (unpaired) electrons. The minimum absolute atomic E-state index is 0.278. The van der Waals surface area contributed by atoms with E-state index in [9.17, 15) is 13.2 Å². The van der Waals surface area contributed by atoms with Crippen molar-refractivity contribution in [2.45, 2.75) is 32.0 Å². The van der Waals surface area contributed by atoms with Gasteiger partial charge in [0.25, 0.3) is 0 Å². The van der Waals surface area contributed by atoms with Gasteiger partial charge in [0, 0.05) is 19.6 Å². The van der Waals surface area contributed by atoms with Gasteiger partial charge in [-0.2, -0.15) is 0 Å². The van der Waals surface area contributed by atoms with Crippen LogP contribution in [-0.4, -0.2) is 68.6 Å². The second-order valence-electron chi connectivity index (χ2n) is 5.18. The fourth-order valence-electron chi connectivity index (χ4n) is 2.42. The lowest BCUT2D eigenvalue weighted by Gasteiger charge is -2.21. The largest absolute Gasteiger partial charge is 0.522 e. The van der Waals surface area contributed by atoms with Crippen LogP contribution in [0.1, 0.15) is 25.7 Å². The highest BCUT2D eigenvalue weighted by atomic mass is 19.4. The first kappa shape index (κ1) is 17.7. The number of hydrogen-bond donors (Lipinski definition) is 1. The van der Waals surface area contributed by atoms with E-state index in [0.29, 0.717) is 6.54 Å². The van der Waals surface area contributed by atoms with Crippen LogP contribution in [0.2, 0.25) is 0 Å². The van der Waals surface area contributed by atoms with Gasteiger partial charge in [0.15, 0.2) is 0 Å². The topological polar surface area (TPSA) is 41.7 Å². The van der Waals surface area contributed by atoms with E-state index < -0.39 is 6.36 Å². The molecule has 0 aromatic heterocycles. The number of ether oxygens (including phenoxy) is 1. The third-order valence-corrected chi connectivity index (χ3v) is 3.53. The molecule has 0 amide bonds. The van der Waals surface area contributed by atoms with Gasteiger partial charge < -0.3 is 10.6 Å². The lowest BCUT2D eigenvalue weighted by atomic mass is 10.2. The zero-order valence-corrected chi connectivity index (χ0v) is 12.0. The van der Waals surface area contributed by atoms with Crippen LogP contribution in [0.15, 0.2) is 0 Å². The van der Waals surface area contributed by atoms with Crippen molar-refractivity contribution in [3.8, 4) is 0 Å². The summed E-state index contributed by atoms with van der Waals surface area (Å²) in [5, 5.41) is 0. The van der Waals surface area contributed by atoms with Crippen molar-refractivity contribution in [2.24, 2.45) is 5.73 Å². The molecule has 1 saturated heterocycles. The third-order valence-electron chi connectivity index (χ3n) is 3.53. The van der Waals surface area contributed by atoms with Crippen molar-refractivity contribution < 1.29 is 17.9 Å². The van der Waals surface area contributed by atoms with Crippen LogP contribution in [0.5, 0.6) is 0 Å². The fourth-order valence-corrected chi connectivity index (χ4v) is 2.42. The monoisotopic (exact) mass is 297 g/mol. The zero-order valence-electron chi connectivity index (χ0n) is 12.0. The Kier molecular flexibility index (Phi) is 8.44. The molecule has 2 N–H and O–H groups in total. The van der Waals surface area contributed by atoms with Crippen molar-refractivity contribution in [3.63, 3.8) is 0 Å². The molecule has 0 aromatic carbocycles. The van der Waals surface area contributed by atoms with E-state index in [-0.39, 0.29) is 6.61 Å². The molecule has 0 spiro atoms. The summed E-state index contributed by atoms with van der Waals surface area (Å²) in [6.45, 7) is 5.49. The normalized spacial score (nSPS) is 19.2. The maximum absolute atomic E-state index is 11.9. The standard InChI is InChI=1S/C13H26F3N3O/c14-13(15,16)20-12-11-19-8-4-7-18(9-10-19)6-3-1-2-5-17/h1-12,17H2. The molecule has 1 aliphatic rings. The van der Waals surface area contributed by atoms with Gasteiger partial charge in [-0.3, -0.25) is 9.64 Å². The van der Waals surface area contributed by atoms with Gasteiger partial charge in [0.05, 0.1) is 6.61 Å². The molecule has 1 fully saturated rings. The second-order valence-corrected chi connectivity index (χ2v) is 5.18. The molecule has 20 heavy (non-hydrogen) atoms. The fraction of sp³-hybridized carbons (Fsp3) is 1.00.